The fourth-order valence-corrected chi connectivity index (χ4v) is 5.72. The summed E-state index contributed by atoms with van der Waals surface area (Å²) in [6, 6.07) is 17.4. The van der Waals surface area contributed by atoms with Crippen molar-refractivity contribution in [1.29, 1.82) is 0 Å². The van der Waals surface area contributed by atoms with Crippen molar-refractivity contribution in [3.05, 3.63) is 94.6 Å². The lowest BCUT2D eigenvalue weighted by Gasteiger charge is -2.50. The maximum atomic E-state index is 13.8. The van der Waals surface area contributed by atoms with Gasteiger partial charge in [0.25, 0.3) is 0 Å². The molecule has 0 fully saturated rings. The number of nitrogens with zero attached hydrogens (tertiary/aromatic N) is 1. The van der Waals surface area contributed by atoms with Crippen LogP contribution in [0.25, 0.3) is 0 Å². The van der Waals surface area contributed by atoms with Crippen molar-refractivity contribution in [3.63, 3.8) is 0 Å². The van der Waals surface area contributed by atoms with E-state index in [1.807, 2.05) is 30.3 Å². The zero-order chi connectivity index (χ0) is 24.1. The van der Waals surface area contributed by atoms with Crippen molar-refractivity contribution in [3.8, 4) is 0 Å². The first kappa shape index (κ1) is 22.4. The molecule has 176 valence electrons. The molecule has 3 aromatic carbocycles. The number of carbonyl (C=O) groups is 1. The first-order chi connectivity index (χ1) is 16.3. The van der Waals surface area contributed by atoms with Crippen LogP contribution in [0.2, 0.25) is 0 Å². The van der Waals surface area contributed by atoms with Gasteiger partial charge in [-0.1, -0.05) is 44.2 Å². The summed E-state index contributed by atoms with van der Waals surface area (Å²) in [6.07, 6.45) is 1.17. The molecule has 0 radical (unpaired) electrons. The Morgan fingerprint density at radius 2 is 1.38 bits per heavy atom. The molecule has 2 atom stereocenters. The minimum Gasteiger partial charge on any atom is -0.453 e. The minimum absolute atomic E-state index is 0.256. The molecular formula is C28H28F2N2O2. The van der Waals surface area contributed by atoms with Crippen LogP contribution in [0.4, 0.5) is 25.0 Å². The summed E-state index contributed by atoms with van der Waals surface area (Å²) in [5.74, 6) is -0.537. The Morgan fingerprint density at radius 3 is 1.94 bits per heavy atom. The van der Waals surface area contributed by atoms with Gasteiger partial charge in [0.2, 0.25) is 0 Å². The number of hydrogen-bond acceptors (Lipinski definition) is 3. The molecule has 4 nitrogen and oxygen atoms in total. The first-order valence-corrected chi connectivity index (χ1v) is 11.6. The molecule has 5 rings (SSSR count). The molecule has 0 aliphatic carbocycles. The third kappa shape index (κ3) is 3.44. The topological polar surface area (TPSA) is 41.6 Å². The first-order valence-electron chi connectivity index (χ1n) is 11.6. The molecule has 0 saturated carbocycles. The standard InChI is InChI=1S/C28H28F2N2O2/c1-27(18-4-8-20(29)9-5-18)14-16-32-17-15-28(2,19-6-10-21(30)11-7-19)24-23(31-26(33)34-3)13-12-22(27)25(24)32/h4-13H,14-17H2,1-3H3,(H,31,33)/t27-,28-/m0/s1. The van der Waals surface area contributed by atoms with Gasteiger partial charge in [-0.05, 0) is 59.9 Å². The summed E-state index contributed by atoms with van der Waals surface area (Å²) in [5, 5.41) is 2.92. The normalized spacial score (nSPS) is 23.3. The van der Waals surface area contributed by atoms with Crippen LogP contribution in [0.15, 0.2) is 60.7 Å². The van der Waals surface area contributed by atoms with Crippen molar-refractivity contribution in [2.75, 3.05) is 30.4 Å². The summed E-state index contributed by atoms with van der Waals surface area (Å²) in [4.78, 5) is 14.6. The highest BCUT2D eigenvalue weighted by Gasteiger charge is 2.46. The maximum Gasteiger partial charge on any atom is 0.411 e. The van der Waals surface area contributed by atoms with Gasteiger partial charge >= 0.3 is 6.09 Å². The Morgan fingerprint density at radius 1 is 0.853 bits per heavy atom. The van der Waals surface area contributed by atoms with E-state index in [1.165, 1.54) is 31.4 Å². The molecule has 0 unspecified atom stereocenters. The second-order valence-electron chi connectivity index (χ2n) is 9.67. The number of rotatable bonds is 3. The molecule has 2 aliphatic rings. The lowest BCUT2D eigenvalue weighted by atomic mass is 9.64. The Balaban J connectivity index is 1.76. The monoisotopic (exact) mass is 462 g/mol. The van der Waals surface area contributed by atoms with Gasteiger partial charge in [-0.3, -0.25) is 5.32 Å². The van der Waals surface area contributed by atoms with Gasteiger partial charge in [0.15, 0.2) is 0 Å². The molecule has 2 aliphatic heterocycles. The fraction of sp³-hybridized carbons (Fsp3) is 0.321. The van der Waals surface area contributed by atoms with Gasteiger partial charge < -0.3 is 9.64 Å². The molecule has 0 aromatic heterocycles. The summed E-state index contributed by atoms with van der Waals surface area (Å²) in [5.41, 5.74) is 5.19. The van der Waals surface area contributed by atoms with Gasteiger partial charge in [0, 0.05) is 35.2 Å². The zero-order valence-corrected chi connectivity index (χ0v) is 19.6. The quantitative estimate of drug-likeness (QED) is 0.492. The van der Waals surface area contributed by atoms with E-state index in [9.17, 15) is 13.6 Å². The maximum absolute atomic E-state index is 13.8. The number of ether oxygens (including phenoxy) is 1. The fourth-order valence-electron chi connectivity index (χ4n) is 5.72. The van der Waals surface area contributed by atoms with Gasteiger partial charge in [-0.2, -0.15) is 0 Å². The summed E-state index contributed by atoms with van der Waals surface area (Å²) >= 11 is 0. The van der Waals surface area contributed by atoms with Crippen LogP contribution >= 0.6 is 0 Å². The second-order valence-corrected chi connectivity index (χ2v) is 9.67. The predicted octanol–water partition coefficient (Wildman–Crippen LogP) is 6.37. The van der Waals surface area contributed by atoms with Crippen molar-refractivity contribution < 1.29 is 18.3 Å². The molecular weight excluding hydrogens is 434 g/mol. The Labute approximate surface area is 198 Å². The van der Waals surface area contributed by atoms with Crippen molar-refractivity contribution >= 4 is 17.5 Å². The lowest BCUT2D eigenvalue weighted by molar-refractivity contribution is 0.187. The number of hydrogen-bond donors (Lipinski definition) is 1. The van der Waals surface area contributed by atoms with Crippen LogP contribution in [0.1, 0.15) is 48.9 Å². The van der Waals surface area contributed by atoms with Crippen LogP contribution in [-0.2, 0) is 15.6 Å². The average Bonchev–Trinajstić information content (AvgIpc) is 2.84. The van der Waals surface area contributed by atoms with Crippen LogP contribution in [0, 0.1) is 11.6 Å². The highest BCUT2D eigenvalue weighted by atomic mass is 19.1. The third-order valence-electron chi connectivity index (χ3n) is 7.79. The molecule has 1 amide bonds. The van der Waals surface area contributed by atoms with E-state index in [1.54, 1.807) is 0 Å². The third-order valence-corrected chi connectivity index (χ3v) is 7.79. The predicted molar refractivity (Wildman–Crippen MR) is 130 cm³/mol. The second kappa shape index (κ2) is 8.12. The van der Waals surface area contributed by atoms with Crippen molar-refractivity contribution in [1.82, 2.24) is 0 Å². The van der Waals surface area contributed by atoms with E-state index < -0.39 is 11.5 Å². The SMILES string of the molecule is COC(=O)Nc1ccc2c3c1[C@](C)(c1ccc(F)cc1)CCN3CC[C@@]2(C)c1ccc(F)cc1. The van der Waals surface area contributed by atoms with Crippen LogP contribution < -0.4 is 10.2 Å². The van der Waals surface area contributed by atoms with E-state index >= 15 is 0 Å². The highest BCUT2D eigenvalue weighted by molar-refractivity contribution is 5.90. The van der Waals surface area contributed by atoms with Gasteiger partial charge in [0.1, 0.15) is 11.6 Å². The van der Waals surface area contributed by atoms with E-state index in [2.05, 4.69) is 30.1 Å². The number of anilines is 2. The van der Waals surface area contributed by atoms with E-state index in [4.69, 9.17) is 4.74 Å². The molecule has 0 saturated heterocycles. The Kier molecular flexibility index (Phi) is 5.34. The van der Waals surface area contributed by atoms with Crippen LogP contribution in [0.3, 0.4) is 0 Å². The smallest absolute Gasteiger partial charge is 0.411 e. The number of amides is 1. The highest BCUT2D eigenvalue weighted by Crippen LogP contribution is 2.55. The van der Waals surface area contributed by atoms with Gasteiger partial charge in [-0.15, -0.1) is 0 Å². The van der Waals surface area contributed by atoms with E-state index in [-0.39, 0.29) is 17.0 Å². The number of nitrogens with one attached hydrogen (secondary N) is 1. The van der Waals surface area contributed by atoms with E-state index in [0.717, 1.165) is 53.9 Å². The summed E-state index contributed by atoms with van der Waals surface area (Å²) < 4.78 is 32.4. The lowest BCUT2D eigenvalue weighted by Crippen LogP contribution is -2.47. The Bertz CT molecular complexity index is 1240. The van der Waals surface area contributed by atoms with Gasteiger partial charge in [0.05, 0.1) is 12.8 Å². The summed E-state index contributed by atoms with van der Waals surface area (Å²) in [7, 11) is 1.34. The van der Waals surface area contributed by atoms with Crippen molar-refractivity contribution in [2.45, 2.75) is 37.5 Å². The summed E-state index contributed by atoms with van der Waals surface area (Å²) in [6.45, 7) is 6.04. The molecule has 34 heavy (non-hydrogen) atoms. The largest absolute Gasteiger partial charge is 0.453 e. The number of benzene rings is 3. The molecule has 0 spiro atoms. The molecule has 3 aromatic rings. The van der Waals surface area contributed by atoms with E-state index in [0.29, 0.717) is 5.69 Å². The van der Waals surface area contributed by atoms with Crippen LogP contribution in [0.5, 0.6) is 0 Å². The molecule has 1 N–H and O–H groups in total. The average molecular weight is 463 g/mol. The number of halogens is 2. The number of methoxy groups -OCH3 is 1. The molecule has 6 heteroatoms. The van der Waals surface area contributed by atoms with Crippen LogP contribution in [-0.4, -0.2) is 26.3 Å². The minimum atomic E-state index is -0.535. The zero-order valence-electron chi connectivity index (χ0n) is 19.6. The Hall–Kier alpha value is -3.41. The molecule has 2 heterocycles. The van der Waals surface area contributed by atoms with Gasteiger partial charge in [-0.25, -0.2) is 13.6 Å². The van der Waals surface area contributed by atoms with Crippen molar-refractivity contribution in [2.24, 2.45) is 0 Å². The number of carbonyl (C=O) groups excluding carboxylic acids is 1. The molecule has 0 bridgehead atoms.